The van der Waals surface area contributed by atoms with E-state index in [4.69, 9.17) is 5.73 Å². The maximum atomic E-state index is 14.2. The summed E-state index contributed by atoms with van der Waals surface area (Å²) in [5.41, 5.74) is 7.38. The molecule has 0 aromatic heterocycles. The van der Waals surface area contributed by atoms with Crippen molar-refractivity contribution in [1.29, 1.82) is 0 Å². The van der Waals surface area contributed by atoms with Crippen molar-refractivity contribution in [3.63, 3.8) is 0 Å². The molecule has 1 atom stereocenters. The molecule has 20 heavy (non-hydrogen) atoms. The van der Waals surface area contributed by atoms with Crippen molar-refractivity contribution >= 4 is 5.69 Å². The lowest BCUT2D eigenvalue weighted by molar-refractivity contribution is 0.247. The maximum absolute atomic E-state index is 14.2. The van der Waals surface area contributed by atoms with Gasteiger partial charge in [-0.2, -0.15) is 0 Å². The minimum Gasteiger partial charge on any atom is -0.367 e. The molecule has 0 amide bonds. The van der Waals surface area contributed by atoms with Gasteiger partial charge in [-0.15, -0.1) is 0 Å². The van der Waals surface area contributed by atoms with Crippen molar-refractivity contribution in [3.05, 3.63) is 29.6 Å². The third kappa shape index (κ3) is 3.13. The Bertz CT molecular complexity index is 463. The van der Waals surface area contributed by atoms with Gasteiger partial charge < -0.3 is 10.6 Å². The zero-order chi connectivity index (χ0) is 14.1. The van der Waals surface area contributed by atoms with Crippen LogP contribution in [0.15, 0.2) is 18.2 Å². The van der Waals surface area contributed by atoms with E-state index in [-0.39, 0.29) is 11.9 Å². The van der Waals surface area contributed by atoms with E-state index in [0.717, 1.165) is 43.3 Å². The van der Waals surface area contributed by atoms with Crippen LogP contribution in [0.5, 0.6) is 0 Å². The average Bonchev–Trinajstić information content (AvgIpc) is 3.24. The van der Waals surface area contributed by atoms with Crippen molar-refractivity contribution in [2.45, 2.75) is 25.8 Å². The second kappa shape index (κ2) is 5.70. The van der Waals surface area contributed by atoms with Crippen molar-refractivity contribution in [2.75, 3.05) is 37.6 Å². The summed E-state index contributed by atoms with van der Waals surface area (Å²) in [5, 5.41) is 0. The molecule has 1 unspecified atom stereocenters. The minimum atomic E-state index is -0.143. The summed E-state index contributed by atoms with van der Waals surface area (Å²) in [7, 11) is 0. The van der Waals surface area contributed by atoms with Gasteiger partial charge in [-0.05, 0) is 43.4 Å². The number of benzene rings is 1. The van der Waals surface area contributed by atoms with Gasteiger partial charge in [0, 0.05) is 38.8 Å². The Morgan fingerprint density at radius 3 is 2.50 bits per heavy atom. The Kier molecular flexibility index (Phi) is 3.94. The van der Waals surface area contributed by atoms with Crippen LogP contribution in [-0.4, -0.2) is 37.6 Å². The summed E-state index contributed by atoms with van der Waals surface area (Å²) in [4.78, 5) is 4.67. The van der Waals surface area contributed by atoms with Gasteiger partial charge in [-0.3, -0.25) is 4.90 Å². The Labute approximate surface area is 120 Å². The molecular weight excluding hydrogens is 253 g/mol. The van der Waals surface area contributed by atoms with Crippen LogP contribution in [0.1, 0.15) is 31.4 Å². The van der Waals surface area contributed by atoms with E-state index in [9.17, 15) is 4.39 Å². The summed E-state index contributed by atoms with van der Waals surface area (Å²) in [5.74, 6) is 0.791. The van der Waals surface area contributed by atoms with Crippen LogP contribution < -0.4 is 10.6 Å². The molecule has 0 spiro atoms. The third-order valence-electron chi connectivity index (χ3n) is 4.42. The van der Waals surface area contributed by atoms with Gasteiger partial charge in [0.1, 0.15) is 5.82 Å². The molecule has 2 N–H and O–H groups in total. The Morgan fingerprint density at radius 2 is 1.95 bits per heavy atom. The highest BCUT2D eigenvalue weighted by Gasteiger charge is 2.27. The van der Waals surface area contributed by atoms with Crippen LogP contribution in [0.3, 0.4) is 0 Å². The van der Waals surface area contributed by atoms with Crippen molar-refractivity contribution in [1.82, 2.24) is 4.90 Å². The minimum absolute atomic E-state index is 0.117. The van der Waals surface area contributed by atoms with Gasteiger partial charge in [0.15, 0.2) is 0 Å². The summed E-state index contributed by atoms with van der Waals surface area (Å²) in [6.07, 6.45) is 2.79. The first-order valence-corrected chi connectivity index (χ1v) is 7.66. The van der Waals surface area contributed by atoms with E-state index < -0.39 is 0 Å². The standard InChI is InChI=1S/C16H24FN3/c1-12(18)14-4-5-16(15(17)10-14)20-8-6-19(7-9-20)11-13-2-3-13/h4-5,10,12-13H,2-3,6-9,11,18H2,1H3. The summed E-state index contributed by atoms with van der Waals surface area (Å²) in [6, 6.07) is 5.29. The Balaban J connectivity index is 1.62. The zero-order valence-electron chi connectivity index (χ0n) is 12.2. The first kappa shape index (κ1) is 13.8. The van der Waals surface area contributed by atoms with Gasteiger partial charge in [0.2, 0.25) is 0 Å². The molecule has 2 fully saturated rings. The van der Waals surface area contributed by atoms with Crippen LogP contribution in [0.25, 0.3) is 0 Å². The lowest BCUT2D eigenvalue weighted by Crippen LogP contribution is -2.47. The number of halogens is 1. The fourth-order valence-electron chi connectivity index (χ4n) is 2.90. The number of anilines is 1. The molecule has 3 nitrogen and oxygen atoms in total. The topological polar surface area (TPSA) is 32.5 Å². The van der Waals surface area contributed by atoms with Gasteiger partial charge in [-0.25, -0.2) is 4.39 Å². The monoisotopic (exact) mass is 277 g/mol. The Hall–Kier alpha value is -1.13. The SMILES string of the molecule is CC(N)c1ccc(N2CCN(CC3CC3)CC2)c(F)c1. The fraction of sp³-hybridized carbons (Fsp3) is 0.625. The molecule has 1 aliphatic heterocycles. The lowest BCUT2D eigenvalue weighted by Gasteiger charge is -2.36. The van der Waals surface area contributed by atoms with Crippen LogP contribution in [0.2, 0.25) is 0 Å². The van der Waals surface area contributed by atoms with Gasteiger partial charge in [-0.1, -0.05) is 6.07 Å². The maximum Gasteiger partial charge on any atom is 0.146 e. The van der Waals surface area contributed by atoms with E-state index >= 15 is 0 Å². The van der Waals surface area contributed by atoms with Crippen molar-refractivity contribution < 1.29 is 4.39 Å². The highest BCUT2D eigenvalue weighted by molar-refractivity contribution is 5.50. The van der Waals surface area contributed by atoms with Crippen molar-refractivity contribution in [3.8, 4) is 0 Å². The number of rotatable bonds is 4. The molecule has 4 heteroatoms. The lowest BCUT2D eigenvalue weighted by atomic mass is 10.1. The van der Waals surface area contributed by atoms with Crippen LogP contribution in [-0.2, 0) is 0 Å². The first-order valence-electron chi connectivity index (χ1n) is 7.66. The van der Waals surface area contributed by atoms with Gasteiger partial charge in [0.05, 0.1) is 5.69 Å². The van der Waals surface area contributed by atoms with E-state index in [2.05, 4.69) is 9.80 Å². The number of hydrogen-bond donors (Lipinski definition) is 1. The van der Waals surface area contributed by atoms with Crippen LogP contribution in [0.4, 0.5) is 10.1 Å². The zero-order valence-corrected chi connectivity index (χ0v) is 12.2. The van der Waals surface area contributed by atoms with Crippen LogP contribution >= 0.6 is 0 Å². The molecule has 1 saturated carbocycles. The predicted octanol–water partition coefficient (Wildman–Crippen LogP) is 2.38. The molecular formula is C16H24FN3. The molecule has 110 valence electrons. The number of piperazine rings is 1. The van der Waals surface area contributed by atoms with E-state index in [1.807, 2.05) is 19.1 Å². The highest BCUT2D eigenvalue weighted by Crippen LogP contribution is 2.30. The second-order valence-electron chi connectivity index (χ2n) is 6.23. The smallest absolute Gasteiger partial charge is 0.146 e. The molecule has 3 rings (SSSR count). The summed E-state index contributed by atoms with van der Waals surface area (Å²) in [6.45, 7) is 7.04. The van der Waals surface area contributed by atoms with Gasteiger partial charge >= 0.3 is 0 Å². The quantitative estimate of drug-likeness (QED) is 0.917. The normalized spacial score (nSPS) is 22.1. The predicted molar refractivity (Wildman–Crippen MR) is 80.4 cm³/mol. The molecule has 1 aromatic carbocycles. The number of hydrogen-bond acceptors (Lipinski definition) is 3. The molecule has 2 aliphatic rings. The first-order chi connectivity index (χ1) is 9.63. The molecule has 1 aromatic rings. The molecule has 0 radical (unpaired) electrons. The third-order valence-corrected chi connectivity index (χ3v) is 4.42. The van der Waals surface area contributed by atoms with Crippen molar-refractivity contribution in [2.24, 2.45) is 11.7 Å². The second-order valence-corrected chi connectivity index (χ2v) is 6.23. The van der Waals surface area contributed by atoms with E-state index in [0.29, 0.717) is 0 Å². The molecule has 1 saturated heterocycles. The van der Waals surface area contributed by atoms with Gasteiger partial charge in [0.25, 0.3) is 0 Å². The largest absolute Gasteiger partial charge is 0.367 e. The summed E-state index contributed by atoms with van der Waals surface area (Å²) < 4.78 is 14.2. The molecule has 1 aliphatic carbocycles. The fourth-order valence-corrected chi connectivity index (χ4v) is 2.90. The van der Waals surface area contributed by atoms with E-state index in [1.54, 1.807) is 6.07 Å². The number of nitrogens with two attached hydrogens (primary N) is 1. The molecule has 1 heterocycles. The average molecular weight is 277 g/mol. The Morgan fingerprint density at radius 1 is 1.25 bits per heavy atom. The van der Waals surface area contributed by atoms with Crippen LogP contribution in [0, 0.1) is 11.7 Å². The highest BCUT2D eigenvalue weighted by atomic mass is 19.1. The number of nitrogens with zero attached hydrogens (tertiary/aromatic N) is 2. The van der Waals surface area contributed by atoms with E-state index in [1.165, 1.54) is 19.4 Å². The molecule has 0 bridgehead atoms. The summed E-state index contributed by atoms with van der Waals surface area (Å²) >= 11 is 0.